The molecule has 6 heteroatoms. The van der Waals surface area contributed by atoms with Crippen LogP contribution in [0.5, 0.6) is 0 Å². The molecule has 6 nitrogen and oxygen atoms in total. The molecule has 0 spiro atoms. The Bertz CT molecular complexity index is 371. The van der Waals surface area contributed by atoms with E-state index in [2.05, 4.69) is 17.2 Å². The summed E-state index contributed by atoms with van der Waals surface area (Å²) in [4.78, 5) is 13.9. The molecule has 0 aromatic carbocycles. The second-order valence-corrected chi connectivity index (χ2v) is 3.88. The first-order valence-corrected chi connectivity index (χ1v) is 6.16. The van der Waals surface area contributed by atoms with Crippen molar-refractivity contribution in [2.45, 2.75) is 26.2 Å². The molecule has 1 aromatic rings. The topological polar surface area (TPSA) is 77.3 Å². The zero-order valence-electron chi connectivity index (χ0n) is 10.6. The van der Waals surface area contributed by atoms with Crippen LogP contribution in [-0.4, -0.2) is 29.7 Å². The number of hydrogen-bond acceptors (Lipinski definition) is 5. The van der Waals surface area contributed by atoms with E-state index in [0.717, 1.165) is 25.9 Å². The molecule has 0 fully saturated rings. The van der Waals surface area contributed by atoms with Crippen LogP contribution in [0.25, 0.3) is 0 Å². The zero-order chi connectivity index (χ0) is 13.2. The molecule has 0 aliphatic rings. The van der Waals surface area contributed by atoms with Crippen LogP contribution < -0.4 is 5.32 Å². The van der Waals surface area contributed by atoms with Crippen LogP contribution in [-0.2, 0) is 4.74 Å². The van der Waals surface area contributed by atoms with Gasteiger partial charge < -0.3 is 20.2 Å². The predicted octanol–water partition coefficient (Wildman–Crippen LogP) is 2.61. The van der Waals surface area contributed by atoms with Crippen molar-refractivity contribution in [3.05, 3.63) is 28.4 Å². The third-order valence-corrected chi connectivity index (χ3v) is 2.38. The fourth-order valence-electron chi connectivity index (χ4n) is 1.43. The van der Waals surface area contributed by atoms with Gasteiger partial charge in [0.25, 0.3) is 0 Å². The lowest BCUT2D eigenvalue weighted by molar-refractivity contribution is -0.388. The normalized spacial score (nSPS) is 10.3. The molecule has 0 amide bonds. The van der Waals surface area contributed by atoms with Gasteiger partial charge in [-0.1, -0.05) is 13.3 Å². The summed E-state index contributed by atoms with van der Waals surface area (Å²) >= 11 is 0. The molecule has 1 aromatic heterocycles. The number of nitro groups is 1. The molecule has 100 valence electrons. The van der Waals surface area contributed by atoms with E-state index in [1.54, 1.807) is 12.1 Å². The second-order valence-electron chi connectivity index (χ2n) is 3.88. The van der Waals surface area contributed by atoms with Crippen LogP contribution in [0.2, 0.25) is 0 Å². The van der Waals surface area contributed by atoms with Crippen LogP contribution in [0.4, 0.5) is 11.5 Å². The van der Waals surface area contributed by atoms with E-state index >= 15 is 0 Å². The molecule has 1 rings (SSSR count). The number of unbranched alkanes of at least 4 members (excludes halogenated alkanes) is 1. The molecule has 0 unspecified atom stereocenters. The molecular formula is C12H19N3O3. The van der Waals surface area contributed by atoms with Crippen molar-refractivity contribution in [3.63, 3.8) is 0 Å². The lowest BCUT2D eigenvalue weighted by Crippen LogP contribution is -2.08. The van der Waals surface area contributed by atoms with Crippen LogP contribution >= 0.6 is 0 Å². The predicted molar refractivity (Wildman–Crippen MR) is 69.7 cm³/mol. The first-order valence-electron chi connectivity index (χ1n) is 6.16. The van der Waals surface area contributed by atoms with Gasteiger partial charge in [-0.05, 0) is 34.9 Å². The highest BCUT2D eigenvalue weighted by Gasteiger charge is 2.12. The molecule has 18 heavy (non-hydrogen) atoms. The van der Waals surface area contributed by atoms with E-state index < -0.39 is 4.92 Å². The number of rotatable bonds is 9. The number of aromatic nitrogens is 1. The first kappa shape index (κ1) is 14.4. The van der Waals surface area contributed by atoms with Crippen LogP contribution in [0.15, 0.2) is 18.3 Å². The summed E-state index contributed by atoms with van der Waals surface area (Å²) in [6, 6.07) is 3.33. The average molecular weight is 253 g/mol. The molecule has 0 atom stereocenters. The van der Waals surface area contributed by atoms with Gasteiger partial charge in [0, 0.05) is 19.8 Å². The van der Waals surface area contributed by atoms with Gasteiger partial charge in [0.15, 0.2) is 0 Å². The minimum Gasteiger partial charge on any atom is -0.381 e. The fourth-order valence-corrected chi connectivity index (χ4v) is 1.43. The Kier molecular flexibility index (Phi) is 6.71. The summed E-state index contributed by atoms with van der Waals surface area (Å²) < 4.78 is 5.40. The average Bonchev–Trinajstić information content (AvgIpc) is 2.38. The Balaban J connectivity index is 2.25. The summed E-state index contributed by atoms with van der Waals surface area (Å²) in [6.45, 7) is 4.20. The summed E-state index contributed by atoms with van der Waals surface area (Å²) in [5.74, 6) is -0.135. The lowest BCUT2D eigenvalue weighted by Gasteiger charge is -2.06. The van der Waals surface area contributed by atoms with Gasteiger partial charge in [-0.2, -0.15) is 0 Å². The van der Waals surface area contributed by atoms with Crippen LogP contribution in [0.3, 0.4) is 0 Å². The minimum absolute atomic E-state index is 0.135. The highest BCUT2D eigenvalue weighted by Crippen LogP contribution is 2.19. The first-order chi connectivity index (χ1) is 8.75. The number of nitrogens with zero attached hydrogens (tertiary/aromatic N) is 2. The fraction of sp³-hybridized carbons (Fsp3) is 0.583. The number of ether oxygens (including phenoxy) is 1. The van der Waals surface area contributed by atoms with Crippen LogP contribution in [0.1, 0.15) is 26.2 Å². The van der Waals surface area contributed by atoms with E-state index in [1.165, 1.54) is 6.20 Å². The molecular weight excluding hydrogens is 234 g/mol. The molecule has 0 saturated heterocycles. The highest BCUT2D eigenvalue weighted by atomic mass is 16.6. The number of hydrogen-bond donors (Lipinski definition) is 1. The van der Waals surface area contributed by atoms with Gasteiger partial charge in [-0.3, -0.25) is 0 Å². The van der Waals surface area contributed by atoms with Crippen molar-refractivity contribution in [1.29, 1.82) is 0 Å². The van der Waals surface area contributed by atoms with Gasteiger partial charge in [0.2, 0.25) is 0 Å². The van der Waals surface area contributed by atoms with Crippen molar-refractivity contribution < 1.29 is 9.66 Å². The van der Waals surface area contributed by atoms with Gasteiger partial charge in [-0.15, -0.1) is 0 Å². The SMILES string of the molecule is CCCCOCCCNc1cccnc1[N+](=O)[O-]. The van der Waals surface area contributed by atoms with Gasteiger partial charge in [0.1, 0.15) is 11.9 Å². The zero-order valence-corrected chi connectivity index (χ0v) is 10.6. The maximum Gasteiger partial charge on any atom is 0.386 e. The molecule has 1 heterocycles. The maximum absolute atomic E-state index is 10.7. The van der Waals surface area contributed by atoms with Gasteiger partial charge in [-0.25, -0.2) is 0 Å². The summed E-state index contributed by atoms with van der Waals surface area (Å²) in [6.07, 6.45) is 4.43. The Morgan fingerprint density at radius 2 is 2.22 bits per heavy atom. The largest absolute Gasteiger partial charge is 0.386 e. The maximum atomic E-state index is 10.7. The smallest absolute Gasteiger partial charge is 0.381 e. The van der Waals surface area contributed by atoms with Crippen molar-refractivity contribution in [2.24, 2.45) is 0 Å². The summed E-state index contributed by atoms with van der Waals surface area (Å²) in [7, 11) is 0. The van der Waals surface area contributed by atoms with Crippen molar-refractivity contribution in [3.8, 4) is 0 Å². The third-order valence-electron chi connectivity index (χ3n) is 2.38. The van der Waals surface area contributed by atoms with E-state index in [1.807, 2.05) is 0 Å². The molecule has 0 aliphatic heterocycles. The molecule has 1 N–H and O–H groups in total. The van der Waals surface area contributed by atoms with E-state index in [0.29, 0.717) is 18.8 Å². The Morgan fingerprint density at radius 1 is 1.44 bits per heavy atom. The van der Waals surface area contributed by atoms with Gasteiger partial charge in [0.05, 0.1) is 0 Å². The van der Waals surface area contributed by atoms with Crippen molar-refractivity contribution in [1.82, 2.24) is 4.98 Å². The summed E-state index contributed by atoms with van der Waals surface area (Å²) in [5.41, 5.74) is 0.455. The standard InChI is InChI=1S/C12H19N3O3/c1-2-3-9-18-10-5-8-13-11-6-4-7-14-12(11)15(16)17/h4,6-7,13H,2-3,5,8-10H2,1H3. The lowest BCUT2D eigenvalue weighted by atomic mass is 10.3. The highest BCUT2D eigenvalue weighted by molar-refractivity contribution is 5.56. The monoisotopic (exact) mass is 253 g/mol. The van der Waals surface area contributed by atoms with Crippen molar-refractivity contribution >= 4 is 11.5 Å². The molecule has 0 saturated carbocycles. The molecule has 0 bridgehead atoms. The van der Waals surface area contributed by atoms with E-state index in [9.17, 15) is 10.1 Å². The van der Waals surface area contributed by atoms with E-state index in [4.69, 9.17) is 4.74 Å². The van der Waals surface area contributed by atoms with Crippen LogP contribution in [0, 0.1) is 10.1 Å². The molecule has 0 radical (unpaired) electrons. The van der Waals surface area contributed by atoms with Crippen molar-refractivity contribution in [2.75, 3.05) is 25.1 Å². The second kappa shape index (κ2) is 8.41. The number of anilines is 1. The number of pyridine rings is 1. The van der Waals surface area contributed by atoms with Gasteiger partial charge >= 0.3 is 5.82 Å². The Morgan fingerprint density at radius 3 is 2.94 bits per heavy atom. The Hall–Kier alpha value is -1.69. The quantitative estimate of drug-likeness (QED) is 0.416. The third kappa shape index (κ3) is 5.09. The number of nitrogens with one attached hydrogen (secondary N) is 1. The Labute approximate surface area is 107 Å². The molecule has 0 aliphatic carbocycles. The van der Waals surface area contributed by atoms with E-state index in [-0.39, 0.29) is 5.82 Å². The minimum atomic E-state index is -0.486. The summed E-state index contributed by atoms with van der Waals surface area (Å²) in [5, 5.41) is 13.7.